The van der Waals surface area contributed by atoms with Gasteiger partial charge in [0.1, 0.15) is 0 Å². The summed E-state index contributed by atoms with van der Waals surface area (Å²) in [5, 5.41) is 5.73. The zero-order chi connectivity index (χ0) is 13.7. The summed E-state index contributed by atoms with van der Waals surface area (Å²) in [4.78, 5) is 1.42. The summed E-state index contributed by atoms with van der Waals surface area (Å²) in [7, 11) is 0. The summed E-state index contributed by atoms with van der Waals surface area (Å²) in [6, 6.07) is 11.2. The molecule has 1 unspecified atom stereocenters. The van der Waals surface area contributed by atoms with Crippen molar-refractivity contribution in [3.63, 3.8) is 0 Å². The molecule has 4 heteroatoms. The number of hydrogen-bond acceptors (Lipinski definition) is 2. The Bertz CT molecular complexity index is 507. The first-order valence-electron chi connectivity index (χ1n) is 6.38. The predicted octanol–water partition coefficient (Wildman–Crippen LogP) is 5.04. The van der Waals surface area contributed by atoms with Crippen molar-refractivity contribution in [3.05, 3.63) is 55.1 Å². The van der Waals surface area contributed by atoms with E-state index in [0.717, 1.165) is 23.9 Å². The van der Waals surface area contributed by atoms with Gasteiger partial charge in [0, 0.05) is 19.9 Å². The van der Waals surface area contributed by atoms with Crippen molar-refractivity contribution in [1.29, 1.82) is 0 Å². The first-order valence-corrected chi connectivity index (χ1v) is 8.85. The summed E-state index contributed by atoms with van der Waals surface area (Å²) in [5.74, 6) is 0. The van der Waals surface area contributed by atoms with Gasteiger partial charge >= 0.3 is 0 Å². The van der Waals surface area contributed by atoms with E-state index in [1.54, 1.807) is 0 Å². The van der Waals surface area contributed by atoms with E-state index < -0.39 is 0 Å². The highest BCUT2D eigenvalue weighted by atomic mass is 79.9. The topological polar surface area (TPSA) is 12.0 Å². The lowest BCUT2D eigenvalue weighted by Gasteiger charge is -2.17. The standard InChI is InChI=1S/C15H17Br2NS/c1-2-18-13(10-15-14(17)7-8-19-15)9-11-3-5-12(16)6-4-11/h3-8,13,18H,2,9-10H2,1H3. The minimum atomic E-state index is 0.487. The van der Waals surface area contributed by atoms with Crippen LogP contribution in [-0.2, 0) is 12.8 Å². The number of thiophene rings is 1. The molecule has 0 aliphatic rings. The number of benzene rings is 1. The van der Waals surface area contributed by atoms with Gasteiger partial charge in [-0.25, -0.2) is 0 Å². The molecular weight excluding hydrogens is 386 g/mol. The van der Waals surface area contributed by atoms with Crippen molar-refractivity contribution in [3.8, 4) is 0 Å². The summed E-state index contributed by atoms with van der Waals surface area (Å²) in [6.07, 6.45) is 2.13. The Morgan fingerprint density at radius 3 is 2.42 bits per heavy atom. The molecule has 19 heavy (non-hydrogen) atoms. The Balaban J connectivity index is 2.03. The van der Waals surface area contributed by atoms with E-state index >= 15 is 0 Å². The van der Waals surface area contributed by atoms with Crippen molar-refractivity contribution in [2.45, 2.75) is 25.8 Å². The van der Waals surface area contributed by atoms with Crippen LogP contribution in [0.4, 0.5) is 0 Å². The van der Waals surface area contributed by atoms with Gasteiger partial charge in [-0.15, -0.1) is 11.3 Å². The smallest absolute Gasteiger partial charge is 0.0314 e. The van der Waals surface area contributed by atoms with Crippen LogP contribution in [-0.4, -0.2) is 12.6 Å². The predicted molar refractivity (Wildman–Crippen MR) is 91.0 cm³/mol. The van der Waals surface area contributed by atoms with Crippen LogP contribution in [0.25, 0.3) is 0 Å². The van der Waals surface area contributed by atoms with Gasteiger partial charge in [-0.1, -0.05) is 35.0 Å². The summed E-state index contributed by atoms with van der Waals surface area (Å²) >= 11 is 8.92. The third-order valence-corrected chi connectivity index (χ3v) is 5.49. The van der Waals surface area contributed by atoms with Gasteiger partial charge in [0.25, 0.3) is 0 Å². The van der Waals surface area contributed by atoms with Crippen molar-refractivity contribution in [1.82, 2.24) is 5.32 Å². The molecule has 1 nitrogen and oxygen atoms in total. The van der Waals surface area contributed by atoms with Gasteiger partial charge in [-0.2, -0.15) is 0 Å². The van der Waals surface area contributed by atoms with E-state index in [4.69, 9.17) is 0 Å². The first kappa shape index (κ1) is 15.2. The lowest BCUT2D eigenvalue weighted by molar-refractivity contribution is 0.524. The van der Waals surface area contributed by atoms with Crippen LogP contribution in [0.5, 0.6) is 0 Å². The molecule has 0 aliphatic carbocycles. The van der Waals surface area contributed by atoms with E-state index in [9.17, 15) is 0 Å². The molecule has 0 saturated heterocycles. The SMILES string of the molecule is CCNC(Cc1ccc(Br)cc1)Cc1sccc1Br. The number of likely N-dealkylation sites (N-methyl/N-ethyl adjacent to an activating group) is 1. The second-order valence-electron chi connectivity index (χ2n) is 4.48. The average molecular weight is 403 g/mol. The molecule has 0 bridgehead atoms. The fourth-order valence-corrected chi connectivity index (χ4v) is 3.96. The highest BCUT2D eigenvalue weighted by Crippen LogP contribution is 2.25. The fraction of sp³-hybridized carbons (Fsp3) is 0.333. The third-order valence-electron chi connectivity index (χ3n) is 3.01. The van der Waals surface area contributed by atoms with Crippen LogP contribution in [0.3, 0.4) is 0 Å². The number of nitrogens with one attached hydrogen (secondary N) is 1. The summed E-state index contributed by atoms with van der Waals surface area (Å²) in [5.41, 5.74) is 1.38. The maximum atomic E-state index is 3.62. The fourth-order valence-electron chi connectivity index (χ4n) is 2.10. The molecule has 1 aromatic heterocycles. The van der Waals surface area contributed by atoms with E-state index in [1.807, 2.05) is 11.3 Å². The second kappa shape index (κ2) is 7.58. The molecule has 0 spiro atoms. The lowest BCUT2D eigenvalue weighted by Crippen LogP contribution is -2.32. The Labute approximate surface area is 135 Å². The van der Waals surface area contributed by atoms with E-state index in [1.165, 1.54) is 14.9 Å². The highest BCUT2D eigenvalue weighted by molar-refractivity contribution is 9.10. The molecule has 2 rings (SSSR count). The largest absolute Gasteiger partial charge is 0.314 e. The quantitative estimate of drug-likeness (QED) is 0.713. The monoisotopic (exact) mass is 401 g/mol. The molecule has 1 atom stereocenters. The van der Waals surface area contributed by atoms with Gasteiger partial charge in [0.15, 0.2) is 0 Å². The zero-order valence-corrected chi connectivity index (χ0v) is 14.8. The van der Waals surface area contributed by atoms with Crippen LogP contribution in [0.15, 0.2) is 44.7 Å². The van der Waals surface area contributed by atoms with Crippen molar-refractivity contribution < 1.29 is 0 Å². The van der Waals surface area contributed by atoms with Crippen LogP contribution >= 0.6 is 43.2 Å². The average Bonchev–Trinajstić information content (AvgIpc) is 2.78. The number of rotatable bonds is 6. The normalized spacial score (nSPS) is 12.6. The molecular formula is C15H17Br2NS. The highest BCUT2D eigenvalue weighted by Gasteiger charge is 2.12. The van der Waals surface area contributed by atoms with Crippen LogP contribution in [0.1, 0.15) is 17.4 Å². The zero-order valence-electron chi connectivity index (χ0n) is 10.8. The van der Waals surface area contributed by atoms with Gasteiger partial charge in [0.05, 0.1) is 0 Å². The van der Waals surface area contributed by atoms with E-state index in [-0.39, 0.29) is 0 Å². The molecule has 0 saturated carbocycles. The Morgan fingerprint density at radius 2 is 1.84 bits per heavy atom. The van der Waals surface area contributed by atoms with Crippen LogP contribution in [0.2, 0.25) is 0 Å². The van der Waals surface area contributed by atoms with E-state index in [0.29, 0.717) is 6.04 Å². The molecule has 0 aliphatic heterocycles. The van der Waals surface area contributed by atoms with Crippen LogP contribution in [0, 0.1) is 0 Å². The molecule has 2 aromatic rings. The molecule has 1 heterocycles. The van der Waals surface area contributed by atoms with Crippen molar-refractivity contribution in [2.24, 2.45) is 0 Å². The van der Waals surface area contributed by atoms with Crippen molar-refractivity contribution >= 4 is 43.2 Å². The number of halogens is 2. The Morgan fingerprint density at radius 1 is 1.11 bits per heavy atom. The minimum absolute atomic E-state index is 0.487. The van der Waals surface area contributed by atoms with Gasteiger partial charge in [0.2, 0.25) is 0 Å². The summed E-state index contributed by atoms with van der Waals surface area (Å²) in [6.45, 7) is 3.17. The maximum Gasteiger partial charge on any atom is 0.0314 e. The van der Waals surface area contributed by atoms with Crippen LogP contribution < -0.4 is 5.32 Å². The Kier molecular flexibility index (Phi) is 6.07. The molecule has 102 valence electrons. The molecule has 0 fully saturated rings. The van der Waals surface area contributed by atoms with Gasteiger partial charge < -0.3 is 5.32 Å². The molecule has 1 N–H and O–H groups in total. The van der Waals surface area contributed by atoms with Gasteiger partial charge in [-0.05, 0) is 64.5 Å². The number of hydrogen-bond donors (Lipinski definition) is 1. The van der Waals surface area contributed by atoms with Gasteiger partial charge in [-0.3, -0.25) is 0 Å². The Hall–Kier alpha value is -0.160. The maximum absolute atomic E-state index is 3.62. The van der Waals surface area contributed by atoms with Crippen molar-refractivity contribution in [2.75, 3.05) is 6.54 Å². The third kappa shape index (κ3) is 4.71. The molecule has 1 aromatic carbocycles. The molecule has 0 radical (unpaired) electrons. The summed E-state index contributed by atoms with van der Waals surface area (Å²) < 4.78 is 2.37. The minimum Gasteiger partial charge on any atom is -0.314 e. The first-order chi connectivity index (χ1) is 9.19. The van der Waals surface area contributed by atoms with E-state index in [2.05, 4.69) is 79.8 Å². The second-order valence-corrected chi connectivity index (χ2v) is 7.25. The molecule has 0 amide bonds. The lowest BCUT2D eigenvalue weighted by atomic mass is 10.0.